The number of nitrogens with one attached hydrogen (secondary N) is 1. The Bertz CT molecular complexity index is 970. The number of carbonyl (C=O) groups excluding carboxylic acids is 2. The predicted octanol–water partition coefficient (Wildman–Crippen LogP) is 18.1. The van der Waals surface area contributed by atoms with Gasteiger partial charge in [0.1, 0.15) is 0 Å². The monoisotopic (exact) mass is 918 g/mol. The van der Waals surface area contributed by atoms with Crippen molar-refractivity contribution < 1.29 is 24.5 Å². The molecule has 0 aromatic rings. The molecule has 0 aliphatic carbocycles. The van der Waals surface area contributed by atoms with Gasteiger partial charge in [-0.2, -0.15) is 0 Å². The van der Waals surface area contributed by atoms with Crippen molar-refractivity contribution >= 4 is 11.9 Å². The van der Waals surface area contributed by atoms with Gasteiger partial charge in [0.05, 0.1) is 25.4 Å². The summed E-state index contributed by atoms with van der Waals surface area (Å²) in [6.07, 6.45) is 65.3. The molecule has 3 N–H and O–H groups in total. The van der Waals surface area contributed by atoms with Crippen LogP contribution in [0.5, 0.6) is 0 Å². The summed E-state index contributed by atoms with van der Waals surface area (Å²) in [7, 11) is 0. The van der Waals surface area contributed by atoms with Crippen LogP contribution < -0.4 is 5.32 Å². The van der Waals surface area contributed by atoms with Crippen molar-refractivity contribution in [2.75, 3.05) is 13.2 Å². The van der Waals surface area contributed by atoms with E-state index in [-0.39, 0.29) is 18.5 Å². The smallest absolute Gasteiger partial charge is 0.305 e. The maximum atomic E-state index is 12.4. The van der Waals surface area contributed by atoms with Crippen molar-refractivity contribution in [1.29, 1.82) is 0 Å². The average Bonchev–Trinajstić information content (AvgIpc) is 3.31. The van der Waals surface area contributed by atoms with Crippen LogP contribution in [0.2, 0.25) is 0 Å². The standard InChI is InChI=1S/C59H115NO5/c1-3-5-7-9-11-13-15-31-35-39-43-47-51-57(62)56(55-61)60-58(63)52-48-44-40-36-32-29-27-25-23-21-19-17-18-20-22-24-26-28-30-34-38-42-46-50-54-65-59(64)53-49-45-41-37-33-16-14-12-10-8-6-4-2/h47,51,56-57,61-62H,3-46,48-50,52-55H2,1-2H3,(H,60,63)/b51-47+. The first-order valence-corrected chi connectivity index (χ1v) is 29.5. The Labute approximate surface area is 406 Å². The molecular weight excluding hydrogens is 803 g/mol. The van der Waals surface area contributed by atoms with Crippen LogP contribution in [-0.4, -0.2) is 47.4 Å². The number of esters is 1. The molecule has 0 fully saturated rings. The minimum atomic E-state index is -0.841. The Kier molecular flexibility index (Phi) is 54.0. The number of rotatable bonds is 55. The molecule has 2 atom stereocenters. The molecule has 0 spiro atoms. The molecule has 0 saturated carbocycles. The molecule has 0 saturated heterocycles. The highest BCUT2D eigenvalue weighted by molar-refractivity contribution is 5.76. The topological polar surface area (TPSA) is 95.9 Å². The predicted molar refractivity (Wildman–Crippen MR) is 283 cm³/mol. The van der Waals surface area contributed by atoms with E-state index in [1.165, 1.54) is 263 Å². The molecule has 6 heteroatoms. The number of aliphatic hydroxyl groups is 2. The largest absolute Gasteiger partial charge is 0.466 e. The number of aliphatic hydroxyl groups excluding tert-OH is 2. The molecule has 0 aliphatic heterocycles. The number of allylic oxidation sites excluding steroid dienone is 1. The second-order valence-corrected chi connectivity index (χ2v) is 20.3. The maximum absolute atomic E-state index is 12.4. The van der Waals surface area contributed by atoms with Crippen LogP contribution in [0, 0.1) is 0 Å². The van der Waals surface area contributed by atoms with Gasteiger partial charge in [-0.1, -0.05) is 296 Å². The Morgan fingerprint density at radius 3 is 1.05 bits per heavy atom. The molecule has 0 aliphatic rings. The Morgan fingerprint density at radius 1 is 0.415 bits per heavy atom. The van der Waals surface area contributed by atoms with Gasteiger partial charge < -0.3 is 20.3 Å². The summed E-state index contributed by atoms with van der Waals surface area (Å²) < 4.78 is 5.47. The molecule has 386 valence electrons. The van der Waals surface area contributed by atoms with Crippen molar-refractivity contribution in [2.45, 2.75) is 341 Å². The summed E-state index contributed by atoms with van der Waals surface area (Å²) in [4.78, 5) is 24.4. The molecule has 0 aromatic carbocycles. The van der Waals surface area contributed by atoms with E-state index in [1.54, 1.807) is 6.08 Å². The molecule has 0 radical (unpaired) electrons. The first-order chi connectivity index (χ1) is 32.0. The van der Waals surface area contributed by atoms with Gasteiger partial charge in [-0.05, 0) is 32.1 Å². The lowest BCUT2D eigenvalue weighted by molar-refractivity contribution is -0.143. The molecule has 0 heterocycles. The minimum absolute atomic E-state index is 0.0159. The van der Waals surface area contributed by atoms with E-state index < -0.39 is 12.1 Å². The zero-order chi connectivity index (χ0) is 47.2. The number of unbranched alkanes of at least 4 members (excludes halogenated alkanes) is 44. The molecule has 0 aromatic heterocycles. The third kappa shape index (κ3) is 51.8. The summed E-state index contributed by atoms with van der Waals surface area (Å²) in [5.74, 6) is -0.0503. The fraction of sp³-hybridized carbons (Fsp3) is 0.932. The average molecular weight is 919 g/mol. The lowest BCUT2D eigenvalue weighted by Crippen LogP contribution is -2.45. The fourth-order valence-corrected chi connectivity index (χ4v) is 9.28. The Balaban J connectivity index is 3.36. The van der Waals surface area contributed by atoms with Crippen molar-refractivity contribution in [3.05, 3.63) is 12.2 Å². The fourth-order valence-electron chi connectivity index (χ4n) is 9.28. The molecule has 65 heavy (non-hydrogen) atoms. The van der Waals surface area contributed by atoms with Gasteiger partial charge >= 0.3 is 5.97 Å². The normalized spacial score (nSPS) is 12.6. The Morgan fingerprint density at radius 2 is 0.708 bits per heavy atom. The quantitative estimate of drug-likeness (QED) is 0.0321. The van der Waals surface area contributed by atoms with Gasteiger partial charge in [0, 0.05) is 12.8 Å². The summed E-state index contributed by atoms with van der Waals surface area (Å²) >= 11 is 0. The van der Waals surface area contributed by atoms with Gasteiger partial charge in [0.15, 0.2) is 0 Å². The van der Waals surface area contributed by atoms with E-state index >= 15 is 0 Å². The van der Waals surface area contributed by atoms with Crippen LogP contribution in [-0.2, 0) is 14.3 Å². The summed E-state index contributed by atoms with van der Waals surface area (Å²) in [5, 5.41) is 23.0. The molecule has 6 nitrogen and oxygen atoms in total. The van der Waals surface area contributed by atoms with Crippen molar-refractivity contribution in [2.24, 2.45) is 0 Å². The third-order valence-electron chi connectivity index (χ3n) is 13.8. The molecular formula is C59H115NO5. The van der Waals surface area contributed by atoms with Gasteiger partial charge in [0.25, 0.3) is 0 Å². The highest BCUT2D eigenvalue weighted by Gasteiger charge is 2.18. The number of hydrogen-bond donors (Lipinski definition) is 3. The number of hydrogen-bond acceptors (Lipinski definition) is 5. The van der Waals surface area contributed by atoms with E-state index in [9.17, 15) is 19.8 Å². The van der Waals surface area contributed by atoms with Crippen LogP contribution in [0.25, 0.3) is 0 Å². The van der Waals surface area contributed by atoms with Crippen LogP contribution in [0.3, 0.4) is 0 Å². The lowest BCUT2D eigenvalue weighted by Gasteiger charge is -2.20. The molecule has 1 amide bonds. The molecule has 0 bridgehead atoms. The summed E-state index contributed by atoms with van der Waals surface area (Å²) in [5.41, 5.74) is 0. The van der Waals surface area contributed by atoms with Crippen molar-refractivity contribution in [3.8, 4) is 0 Å². The molecule has 0 rings (SSSR count). The van der Waals surface area contributed by atoms with E-state index in [0.717, 1.165) is 38.5 Å². The first-order valence-electron chi connectivity index (χ1n) is 29.5. The van der Waals surface area contributed by atoms with Gasteiger partial charge in [-0.25, -0.2) is 0 Å². The van der Waals surface area contributed by atoms with Crippen molar-refractivity contribution in [3.63, 3.8) is 0 Å². The number of ether oxygens (including phenoxy) is 1. The molecule has 2 unspecified atom stereocenters. The third-order valence-corrected chi connectivity index (χ3v) is 13.8. The van der Waals surface area contributed by atoms with Crippen LogP contribution in [0.1, 0.15) is 328 Å². The van der Waals surface area contributed by atoms with Crippen LogP contribution in [0.15, 0.2) is 12.2 Å². The minimum Gasteiger partial charge on any atom is -0.466 e. The Hall–Kier alpha value is -1.40. The van der Waals surface area contributed by atoms with E-state index in [1.807, 2.05) is 6.08 Å². The van der Waals surface area contributed by atoms with Gasteiger partial charge in [0.2, 0.25) is 5.91 Å². The first kappa shape index (κ1) is 63.6. The van der Waals surface area contributed by atoms with Crippen molar-refractivity contribution in [1.82, 2.24) is 5.32 Å². The zero-order valence-corrected chi connectivity index (χ0v) is 44.0. The number of carbonyl (C=O) groups is 2. The van der Waals surface area contributed by atoms with Gasteiger partial charge in [-0.3, -0.25) is 9.59 Å². The highest BCUT2D eigenvalue weighted by Crippen LogP contribution is 2.18. The summed E-state index contributed by atoms with van der Waals surface area (Å²) in [6, 6.07) is -0.625. The summed E-state index contributed by atoms with van der Waals surface area (Å²) in [6.45, 7) is 4.91. The SMILES string of the molecule is CCCCCCCCCCCC/C=C/C(O)C(CO)NC(=O)CCCCCCCCCCCCCCCCCCCCCCCCCCOC(=O)CCCCCCCCCCCCCC. The van der Waals surface area contributed by atoms with Crippen LogP contribution in [0.4, 0.5) is 0 Å². The number of amides is 1. The van der Waals surface area contributed by atoms with Crippen LogP contribution >= 0.6 is 0 Å². The van der Waals surface area contributed by atoms with E-state index in [2.05, 4.69) is 19.2 Å². The lowest BCUT2D eigenvalue weighted by atomic mass is 10.0. The maximum Gasteiger partial charge on any atom is 0.305 e. The second-order valence-electron chi connectivity index (χ2n) is 20.3. The van der Waals surface area contributed by atoms with E-state index in [0.29, 0.717) is 19.4 Å². The van der Waals surface area contributed by atoms with Gasteiger partial charge in [-0.15, -0.1) is 0 Å². The highest BCUT2D eigenvalue weighted by atomic mass is 16.5. The van der Waals surface area contributed by atoms with E-state index in [4.69, 9.17) is 4.74 Å². The second kappa shape index (κ2) is 55.2. The zero-order valence-electron chi connectivity index (χ0n) is 44.0.